The number of hydrogen-bond acceptors (Lipinski definition) is 6. The minimum absolute atomic E-state index is 0.0927. The fourth-order valence-corrected chi connectivity index (χ4v) is 5.88. The Morgan fingerprint density at radius 2 is 1.77 bits per heavy atom. The second-order valence-corrected chi connectivity index (χ2v) is 10.2. The molecular formula is C33H34N4O3. The van der Waals surface area contributed by atoms with Crippen LogP contribution in [0.15, 0.2) is 96.7 Å². The molecule has 4 aromatic rings. The summed E-state index contributed by atoms with van der Waals surface area (Å²) < 4.78 is 13.7. The van der Waals surface area contributed by atoms with Crippen LogP contribution in [-0.2, 0) is 27.4 Å². The molecule has 0 radical (unpaired) electrons. The zero-order valence-corrected chi connectivity index (χ0v) is 22.8. The maximum Gasteiger partial charge on any atom is 0.153 e. The minimum atomic E-state index is -0.0927. The lowest BCUT2D eigenvalue weighted by Crippen LogP contribution is -2.37. The normalized spacial score (nSPS) is 17.6. The van der Waals surface area contributed by atoms with Gasteiger partial charge in [0, 0.05) is 31.8 Å². The lowest BCUT2D eigenvalue weighted by molar-refractivity contribution is 0.0553. The molecule has 40 heavy (non-hydrogen) atoms. The summed E-state index contributed by atoms with van der Waals surface area (Å²) in [6.07, 6.45) is 4.52. The molecule has 1 unspecified atom stereocenters. The van der Waals surface area contributed by atoms with E-state index in [9.17, 15) is 4.79 Å². The lowest BCUT2D eigenvalue weighted by Gasteiger charge is -2.31. The number of benzene rings is 3. The molecule has 1 saturated heterocycles. The van der Waals surface area contributed by atoms with Crippen LogP contribution in [0.3, 0.4) is 0 Å². The van der Waals surface area contributed by atoms with E-state index in [1.165, 1.54) is 16.3 Å². The van der Waals surface area contributed by atoms with Crippen molar-refractivity contribution >= 4 is 28.1 Å². The van der Waals surface area contributed by atoms with E-state index in [0.717, 1.165) is 48.7 Å². The predicted octanol–water partition coefficient (Wildman–Crippen LogP) is 5.31. The van der Waals surface area contributed by atoms with Gasteiger partial charge in [0.2, 0.25) is 0 Å². The summed E-state index contributed by atoms with van der Waals surface area (Å²) in [5.74, 6) is 3.22. The van der Waals surface area contributed by atoms with Gasteiger partial charge >= 0.3 is 0 Å². The van der Waals surface area contributed by atoms with Gasteiger partial charge in [0.25, 0.3) is 0 Å². The van der Waals surface area contributed by atoms with Crippen molar-refractivity contribution in [2.24, 2.45) is 0 Å². The second-order valence-electron chi connectivity index (χ2n) is 10.2. The van der Waals surface area contributed by atoms with Crippen LogP contribution in [0.25, 0.3) is 16.3 Å². The second kappa shape index (κ2) is 11.9. The first kappa shape index (κ1) is 26.1. The van der Waals surface area contributed by atoms with Crippen LogP contribution in [0.4, 0.5) is 5.82 Å². The van der Waals surface area contributed by atoms with Crippen LogP contribution >= 0.6 is 0 Å². The molecule has 3 heterocycles. The van der Waals surface area contributed by atoms with Crippen LogP contribution in [0.1, 0.15) is 24.5 Å². The molecular weight excluding hydrogens is 500 g/mol. The van der Waals surface area contributed by atoms with E-state index >= 15 is 0 Å². The van der Waals surface area contributed by atoms with Gasteiger partial charge in [-0.2, -0.15) is 0 Å². The molecule has 0 amide bonds. The Kier molecular flexibility index (Phi) is 7.78. The van der Waals surface area contributed by atoms with Crippen molar-refractivity contribution in [1.82, 2.24) is 14.5 Å². The van der Waals surface area contributed by atoms with Crippen molar-refractivity contribution in [3.05, 3.63) is 108 Å². The number of morpholine rings is 1. The summed E-state index contributed by atoms with van der Waals surface area (Å²) in [5.41, 5.74) is 4.94. The fourth-order valence-electron chi connectivity index (χ4n) is 5.88. The Hall–Kier alpha value is -4.16. The van der Waals surface area contributed by atoms with Gasteiger partial charge in [-0.1, -0.05) is 72.8 Å². The highest BCUT2D eigenvalue weighted by molar-refractivity contribution is 6.00. The monoisotopic (exact) mass is 534 g/mol. The third-order valence-corrected chi connectivity index (χ3v) is 7.77. The average molecular weight is 535 g/mol. The van der Waals surface area contributed by atoms with Gasteiger partial charge < -0.3 is 23.8 Å². The molecule has 0 bridgehead atoms. The Bertz CT molecular complexity index is 1540. The van der Waals surface area contributed by atoms with E-state index in [0.29, 0.717) is 32.1 Å². The first-order valence-electron chi connectivity index (χ1n) is 14.0. The smallest absolute Gasteiger partial charge is 0.153 e. The van der Waals surface area contributed by atoms with Gasteiger partial charge in [-0.05, 0) is 35.2 Å². The first-order chi connectivity index (χ1) is 19.8. The van der Waals surface area contributed by atoms with Crippen LogP contribution in [0.5, 0.6) is 0 Å². The Labute approximate surface area is 234 Å². The number of nitrogens with zero attached hydrogens (tertiary/aromatic N) is 4. The predicted molar refractivity (Wildman–Crippen MR) is 157 cm³/mol. The molecule has 7 nitrogen and oxygen atoms in total. The molecule has 7 heteroatoms. The average Bonchev–Trinajstić information content (AvgIpc) is 3.58. The molecule has 2 aliphatic heterocycles. The third kappa shape index (κ3) is 5.07. The molecule has 0 aliphatic carbocycles. The Balaban J connectivity index is 1.30. The quantitative estimate of drug-likeness (QED) is 0.214. The molecule has 1 atom stereocenters. The molecule has 0 spiro atoms. The van der Waals surface area contributed by atoms with E-state index in [2.05, 4.69) is 86.8 Å². The SMILES string of the molecule is CC1C(c2cccc3ccccc23)=C(N2CCOCC2)C(=C=O)N1c1cncn1CCCOCc1ccccc1. The van der Waals surface area contributed by atoms with Gasteiger partial charge in [-0.3, -0.25) is 0 Å². The Morgan fingerprint density at radius 3 is 2.60 bits per heavy atom. The minimum Gasteiger partial charge on any atom is -0.378 e. The van der Waals surface area contributed by atoms with Gasteiger partial charge in [0.1, 0.15) is 5.82 Å². The lowest BCUT2D eigenvalue weighted by atomic mass is 9.93. The first-order valence-corrected chi connectivity index (χ1v) is 14.0. The van der Waals surface area contributed by atoms with Crippen molar-refractivity contribution in [2.75, 3.05) is 37.8 Å². The van der Waals surface area contributed by atoms with E-state index in [1.54, 1.807) is 0 Å². The molecule has 6 rings (SSSR count). The number of hydrogen-bond donors (Lipinski definition) is 0. The summed E-state index contributed by atoms with van der Waals surface area (Å²) in [5, 5.41) is 2.35. The molecule has 3 aromatic carbocycles. The topological polar surface area (TPSA) is 59.8 Å². The maximum absolute atomic E-state index is 12.8. The number of carbonyl (C=O) groups excluding carboxylic acids is 1. The highest BCUT2D eigenvalue weighted by Gasteiger charge is 2.40. The van der Waals surface area contributed by atoms with E-state index < -0.39 is 0 Å². The highest BCUT2D eigenvalue weighted by Crippen LogP contribution is 2.44. The summed E-state index contributed by atoms with van der Waals surface area (Å²) in [6, 6.07) is 24.9. The summed E-state index contributed by atoms with van der Waals surface area (Å²) in [7, 11) is 0. The van der Waals surface area contributed by atoms with Crippen molar-refractivity contribution in [3.8, 4) is 0 Å². The highest BCUT2D eigenvalue weighted by atomic mass is 16.5. The van der Waals surface area contributed by atoms with Gasteiger partial charge in [-0.15, -0.1) is 0 Å². The number of aryl methyl sites for hydroxylation is 1. The molecule has 1 fully saturated rings. The number of aromatic nitrogens is 2. The van der Waals surface area contributed by atoms with Gasteiger partial charge in [-0.25, -0.2) is 9.78 Å². The summed E-state index contributed by atoms with van der Waals surface area (Å²) in [6.45, 7) is 6.86. The maximum atomic E-state index is 12.8. The van der Waals surface area contributed by atoms with Crippen molar-refractivity contribution in [2.45, 2.75) is 32.5 Å². The van der Waals surface area contributed by atoms with Crippen LogP contribution in [0.2, 0.25) is 0 Å². The number of anilines is 1. The van der Waals surface area contributed by atoms with Crippen molar-refractivity contribution in [1.29, 1.82) is 0 Å². The Morgan fingerprint density at radius 1 is 1.00 bits per heavy atom. The van der Waals surface area contributed by atoms with E-state index in [4.69, 9.17) is 9.47 Å². The number of ether oxygens (including phenoxy) is 2. The van der Waals surface area contributed by atoms with E-state index in [-0.39, 0.29) is 6.04 Å². The molecule has 0 saturated carbocycles. The molecule has 204 valence electrons. The number of rotatable bonds is 9. The molecule has 0 N–H and O–H groups in total. The third-order valence-electron chi connectivity index (χ3n) is 7.77. The van der Waals surface area contributed by atoms with Gasteiger partial charge in [0.15, 0.2) is 11.6 Å². The fraction of sp³-hybridized carbons (Fsp3) is 0.303. The zero-order valence-electron chi connectivity index (χ0n) is 22.8. The standard InChI is InChI=1S/C33H34N4O3/c1-25-32(29-14-7-12-27-11-5-6-13-28(27)29)33(35-16-19-39-20-17-35)30(22-38)37(25)31-21-34-24-36(31)15-8-18-40-23-26-9-3-2-4-10-26/h2-7,9-14,21,24-25H,8,15-20,23H2,1H3. The van der Waals surface area contributed by atoms with Crippen molar-refractivity contribution in [3.63, 3.8) is 0 Å². The summed E-state index contributed by atoms with van der Waals surface area (Å²) in [4.78, 5) is 21.6. The van der Waals surface area contributed by atoms with Crippen LogP contribution in [0, 0.1) is 0 Å². The summed E-state index contributed by atoms with van der Waals surface area (Å²) >= 11 is 0. The zero-order chi connectivity index (χ0) is 27.3. The van der Waals surface area contributed by atoms with Crippen LogP contribution in [-0.4, -0.2) is 59.3 Å². The molecule has 1 aromatic heterocycles. The largest absolute Gasteiger partial charge is 0.378 e. The van der Waals surface area contributed by atoms with Crippen molar-refractivity contribution < 1.29 is 14.3 Å². The van der Waals surface area contributed by atoms with Gasteiger partial charge in [0.05, 0.1) is 44.1 Å². The van der Waals surface area contributed by atoms with E-state index in [1.807, 2.05) is 30.7 Å². The number of imidazole rings is 1. The molecule has 2 aliphatic rings. The van der Waals surface area contributed by atoms with Crippen LogP contribution < -0.4 is 4.90 Å². The number of fused-ring (bicyclic) bond motifs is 1.